The van der Waals surface area contributed by atoms with Crippen molar-refractivity contribution in [2.24, 2.45) is 0 Å². The first-order chi connectivity index (χ1) is 15.8. The highest BCUT2D eigenvalue weighted by Crippen LogP contribution is 2.35. The van der Waals surface area contributed by atoms with E-state index in [0.29, 0.717) is 27.0 Å². The van der Waals surface area contributed by atoms with Crippen molar-refractivity contribution in [3.63, 3.8) is 0 Å². The number of piperazine rings is 1. The number of amides is 1. The molecule has 0 aromatic heterocycles. The molecule has 0 radical (unpaired) electrons. The van der Waals surface area contributed by atoms with Crippen molar-refractivity contribution in [1.82, 2.24) is 9.21 Å². The summed E-state index contributed by atoms with van der Waals surface area (Å²) in [5.74, 6) is 0. The maximum absolute atomic E-state index is 13.6. The second-order valence-corrected chi connectivity index (χ2v) is 11.6. The summed E-state index contributed by atoms with van der Waals surface area (Å²) in [5.41, 5.74) is 0.556. The number of hydrogen-bond acceptors (Lipinski definition) is 6. The van der Waals surface area contributed by atoms with Crippen LogP contribution >= 0.6 is 23.2 Å². The Labute approximate surface area is 210 Å². The lowest BCUT2D eigenvalue weighted by atomic mass is 10.2. The molecule has 182 valence electrons. The number of nitriles is 1. The van der Waals surface area contributed by atoms with Crippen LogP contribution in [0.25, 0.3) is 0 Å². The maximum atomic E-state index is 13.6. The molecule has 1 aliphatic rings. The predicted molar refractivity (Wildman–Crippen MR) is 132 cm³/mol. The van der Waals surface area contributed by atoms with E-state index in [2.05, 4.69) is 0 Å². The SMILES string of the molecule is CN(c1cc(Cl)cc(Cl)c1)c1cc(C#N)ccc1S(=O)(=O)N1CCN(C(=O)OC(C)(C)C)CC1. The van der Waals surface area contributed by atoms with Crippen LogP contribution in [-0.2, 0) is 14.8 Å². The smallest absolute Gasteiger partial charge is 0.410 e. The van der Waals surface area contributed by atoms with Gasteiger partial charge >= 0.3 is 6.09 Å². The van der Waals surface area contributed by atoms with Crippen molar-refractivity contribution < 1.29 is 17.9 Å². The summed E-state index contributed by atoms with van der Waals surface area (Å²) in [4.78, 5) is 15.5. The summed E-state index contributed by atoms with van der Waals surface area (Å²) in [6.45, 7) is 5.99. The molecule has 3 rings (SSSR count). The summed E-state index contributed by atoms with van der Waals surface area (Å²) in [6, 6.07) is 11.3. The van der Waals surface area contributed by atoms with Gasteiger partial charge in [0.05, 0.1) is 17.3 Å². The molecule has 2 aromatic carbocycles. The molecule has 1 fully saturated rings. The Morgan fingerprint density at radius 1 is 1.06 bits per heavy atom. The number of nitrogens with zero attached hydrogens (tertiary/aromatic N) is 4. The van der Waals surface area contributed by atoms with Gasteiger partial charge in [0.2, 0.25) is 10.0 Å². The third-order valence-electron chi connectivity index (χ3n) is 5.19. The van der Waals surface area contributed by atoms with Gasteiger partial charge in [-0.25, -0.2) is 13.2 Å². The van der Waals surface area contributed by atoms with Crippen LogP contribution in [0.3, 0.4) is 0 Å². The predicted octanol–water partition coefficient (Wildman–Crippen LogP) is 4.87. The van der Waals surface area contributed by atoms with Crippen LogP contribution in [0.2, 0.25) is 10.0 Å². The van der Waals surface area contributed by atoms with Crippen LogP contribution in [0.5, 0.6) is 0 Å². The van der Waals surface area contributed by atoms with Gasteiger partial charge < -0.3 is 14.5 Å². The Morgan fingerprint density at radius 3 is 2.18 bits per heavy atom. The molecule has 0 bridgehead atoms. The van der Waals surface area contributed by atoms with Crippen molar-refractivity contribution in [3.05, 3.63) is 52.0 Å². The first-order valence-electron chi connectivity index (χ1n) is 10.5. The molecule has 0 aliphatic carbocycles. The Balaban J connectivity index is 1.91. The summed E-state index contributed by atoms with van der Waals surface area (Å²) >= 11 is 12.3. The van der Waals surface area contributed by atoms with Crippen molar-refractivity contribution in [1.29, 1.82) is 5.26 Å². The maximum Gasteiger partial charge on any atom is 0.410 e. The van der Waals surface area contributed by atoms with Crippen molar-refractivity contribution in [2.45, 2.75) is 31.3 Å². The minimum absolute atomic E-state index is 0.0378. The van der Waals surface area contributed by atoms with E-state index in [1.165, 1.54) is 27.4 Å². The van der Waals surface area contributed by atoms with Crippen LogP contribution in [0, 0.1) is 11.3 Å². The quantitative estimate of drug-likeness (QED) is 0.565. The number of ether oxygens (including phenoxy) is 1. The first kappa shape index (κ1) is 26.1. The minimum atomic E-state index is -3.94. The summed E-state index contributed by atoms with van der Waals surface area (Å²) in [5, 5.41) is 10.2. The molecule has 0 spiro atoms. The highest BCUT2D eigenvalue weighted by molar-refractivity contribution is 7.89. The fourth-order valence-corrected chi connectivity index (χ4v) is 5.65. The van der Waals surface area contributed by atoms with Crippen molar-refractivity contribution in [2.75, 3.05) is 38.1 Å². The van der Waals surface area contributed by atoms with Gasteiger partial charge in [0.25, 0.3) is 0 Å². The number of rotatable bonds is 4. The van der Waals surface area contributed by atoms with Crippen LogP contribution in [0.15, 0.2) is 41.3 Å². The van der Waals surface area contributed by atoms with E-state index in [-0.39, 0.29) is 31.1 Å². The van der Waals surface area contributed by atoms with E-state index in [1.54, 1.807) is 50.9 Å². The number of halogens is 2. The average molecular weight is 525 g/mol. The first-order valence-corrected chi connectivity index (χ1v) is 12.7. The molecule has 0 N–H and O–H groups in total. The molecule has 0 unspecified atom stereocenters. The van der Waals surface area contributed by atoms with Crippen LogP contribution in [-0.4, -0.2) is 62.5 Å². The zero-order valence-corrected chi connectivity index (χ0v) is 21.7. The van der Waals surface area contributed by atoms with Crippen LogP contribution in [0.1, 0.15) is 26.3 Å². The highest BCUT2D eigenvalue weighted by Gasteiger charge is 2.34. The molecular weight excluding hydrogens is 499 g/mol. The van der Waals surface area contributed by atoms with Gasteiger partial charge in [-0.3, -0.25) is 0 Å². The Kier molecular flexibility index (Phi) is 7.68. The number of hydrogen-bond donors (Lipinski definition) is 0. The number of anilines is 2. The monoisotopic (exact) mass is 524 g/mol. The fraction of sp³-hybridized carbons (Fsp3) is 0.391. The Morgan fingerprint density at radius 2 is 1.65 bits per heavy atom. The molecule has 8 nitrogen and oxygen atoms in total. The number of benzene rings is 2. The molecule has 34 heavy (non-hydrogen) atoms. The second-order valence-electron chi connectivity index (χ2n) is 8.85. The van der Waals surface area contributed by atoms with Crippen LogP contribution in [0.4, 0.5) is 16.2 Å². The van der Waals surface area contributed by atoms with Gasteiger partial charge in [-0.1, -0.05) is 23.2 Å². The molecule has 0 atom stereocenters. The number of carbonyl (C=O) groups excluding carboxylic acids is 1. The second kappa shape index (κ2) is 10.0. The fourth-order valence-electron chi connectivity index (χ4n) is 3.52. The minimum Gasteiger partial charge on any atom is -0.444 e. The zero-order chi connectivity index (χ0) is 25.3. The molecule has 2 aromatic rings. The third kappa shape index (κ3) is 5.94. The molecule has 1 aliphatic heterocycles. The topological polar surface area (TPSA) is 94.0 Å². The molecule has 1 saturated heterocycles. The van der Waals surface area contributed by atoms with E-state index in [9.17, 15) is 18.5 Å². The molecule has 1 heterocycles. The molecule has 11 heteroatoms. The van der Waals surface area contributed by atoms with Gasteiger partial charge in [-0.05, 0) is 57.2 Å². The van der Waals surface area contributed by atoms with Crippen molar-refractivity contribution in [3.8, 4) is 6.07 Å². The van der Waals surface area contributed by atoms with Crippen LogP contribution < -0.4 is 4.90 Å². The van der Waals surface area contributed by atoms with E-state index in [4.69, 9.17) is 27.9 Å². The standard InChI is InChI=1S/C23H26Cl2N4O4S/c1-23(2,3)33-22(30)28-7-9-29(10-8-28)34(31,32)21-6-5-16(15-26)11-20(21)27(4)19-13-17(24)12-18(25)14-19/h5-6,11-14H,7-10H2,1-4H3. The number of sulfonamides is 1. The summed E-state index contributed by atoms with van der Waals surface area (Å²) < 4.78 is 33.9. The van der Waals surface area contributed by atoms with E-state index >= 15 is 0 Å². The Bertz CT molecular complexity index is 1210. The number of carbonyl (C=O) groups is 1. The lowest BCUT2D eigenvalue weighted by molar-refractivity contribution is 0.0192. The van der Waals surface area contributed by atoms with Gasteiger partial charge in [0.1, 0.15) is 10.5 Å². The summed E-state index contributed by atoms with van der Waals surface area (Å²) in [7, 11) is -2.26. The summed E-state index contributed by atoms with van der Waals surface area (Å²) in [6.07, 6.45) is -0.471. The van der Waals surface area contributed by atoms with Gasteiger partial charge in [-0.2, -0.15) is 9.57 Å². The lowest BCUT2D eigenvalue weighted by Gasteiger charge is -2.35. The normalized spacial score (nSPS) is 15.0. The molecular formula is C23H26Cl2N4O4S. The van der Waals surface area contributed by atoms with Gasteiger partial charge in [-0.15, -0.1) is 0 Å². The van der Waals surface area contributed by atoms with Gasteiger partial charge in [0.15, 0.2) is 0 Å². The van der Waals surface area contributed by atoms with Gasteiger partial charge in [0, 0.05) is 49.0 Å². The average Bonchev–Trinajstić information content (AvgIpc) is 2.76. The highest BCUT2D eigenvalue weighted by atomic mass is 35.5. The molecule has 1 amide bonds. The Hall–Kier alpha value is -2.51. The zero-order valence-electron chi connectivity index (χ0n) is 19.4. The van der Waals surface area contributed by atoms with Crippen molar-refractivity contribution >= 4 is 50.7 Å². The van der Waals surface area contributed by atoms with E-state index in [1.807, 2.05) is 6.07 Å². The largest absolute Gasteiger partial charge is 0.444 e. The third-order valence-corrected chi connectivity index (χ3v) is 7.57. The lowest BCUT2D eigenvalue weighted by Crippen LogP contribution is -2.51. The molecule has 0 saturated carbocycles. The van der Waals surface area contributed by atoms with E-state index < -0.39 is 21.7 Å². The van der Waals surface area contributed by atoms with E-state index in [0.717, 1.165) is 0 Å².